The number of hydrogen-bond acceptors (Lipinski definition) is 5. The molecule has 0 bridgehead atoms. The Labute approximate surface area is 153 Å². The largest absolute Gasteiger partial charge is 0.508 e. The van der Waals surface area contributed by atoms with E-state index in [4.69, 9.17) is 14.2 Å². The minimum Gasteiger partial charge on any atom is -0.508 e. The van der Waals surface area contributed by atoms with Gasteiger partial charge in [-0.05, 0) is 54.7 Å². The Morgan fingerprint density at radius 2 is 1.73 bits per heavy atom. The first kappa shape index (κ1) is 18.1. The Bertz CT molecular complexity index is 799. The molecule has 5 nitrogen and oxygen atoms in total. The number of esters is 1. The van der Waals surface area contributed by atoms with Gasteiger partial charge in [-0.2, -0.15) is 0 Å². The van der Waals surface area contributed by atoms with Crippen LogP contribution in [0.1, 0.15) is 16.7 Å². The normalized spacial score (nSPS) is 19.3. The highest BCUT2D eigenvalue weighted by atomic mass is 16.5. The van der Waals surface area contributed by atoms with Gasteiger partial charge in [-0.3, -0.25) is 4.79 Å². The van der Waals surface area contributed by atoms with Gasteiger partial charge >= 0.3 is 5.97 Å². The summed E-state index contributed by atoms with van der Waals surface area (Å²) in [6.45, 7) is 2.28. The third-order valence-electron chi connectivity index (χ3n) is 4.97. The van der Waals surface area contributed by atoms with Crippen molar-refractivity contribution in [2.75, 3.05) is 20.8 Å². The Hall–Kier alpha value is -2.69. The molecule has 1 heterocycles. The molecule has 0 spiro atoms. The fraction of sp³-hybridized carbons (Fsp3) is 0.381. The van der Waals surface area contributed by atoms with Crippen molar-refractivity contribution >= 4 is 5.97 Å². The summed E-state index contributed by atoms with van der Waals surface area (Å²) in [7, 11) is 3.22. The van der Waals surface area contributed by atoms with Crippen LogP contribution in [0.5, 0.6) is 17.2 Å². The van der Waals surface area contributed by atoms with E-state index >= 15 is 0 Å². The van der Waals surface area contributed by atoms with Crippen LogP contribution in [0.25, 0.3) is 0 Å². The summed E-state index contributed by atoms with van der Waals surface area (Å²) >= 11 is 0. The average molecular weight is 356 g/mol. The molecule has 5 heteroatoms. The van der Waals surface area contributed by atoms with Crippen LogP contribution in [0, 0.1) is 18.8 Å². The summed E-state index contributed by atoms with van der Waals surface area (Å²) in [4.78, 5) is 12.2. The van der Waals surface area contributed by atoms with E-state index in [1.807, 2.05) is 37.3 Å². The molecule has 26 heavy (non-hydrogen) atoms. The van der Waals surface area contributed by atoms with E-state index in [0.29, 0.717) is 24.5 Å². The number of aromatic hydroxyl groups is 1. The second-order valence-electron chi connectivity index (χ2n) is 6.72. The summed E-state index contributed by atoms with van der Waals surface area (Å²) < 4.78 is 16.0. The highest BCUT2D eigenvalue weighted by Crippen LogP contribution is 2.33. The van der Waals surface area contributed by atoms with Crippen LogP contribution in [0.4, 0.5) is 0 Å². The van der Waals surface area contributed by atoms with Crippen LogP contribution in [0.2, 0.25) is 0 Å². The zero-order chi connectivity index (χ0) is 18.7. The van der Waals surface area contributed by atoms with Crippen molar-refractivity contribution < 1.29 is 24.1 Å². The molecule has 1 saturated heterocycles. The summed E-state index contributed by atoms with van der Waals surface area (Å²) in [5, 5.41) is 9.68. The lowest BCUT2D eigenvalue weighted by Crippen LogP contribution is -2.20. The minimum atomic E-state index is -0.188. The average Bonchev–Trinajstić information content (AvgIpc) is 2.98. The van der Waals surface area contributed by atoms with Crippen molar-refractivity contribution in [3.8, 4) is 17.2 Å². The predicted molar refractivity (Wildman–Crippen MR) is 97.7 cm³/mol. The molecule has 0 unspecified atom stereocenters. The van der Waals surface area contributed by atoms with E-state index < -0.39 is 0 Å². The molecule has 0 aromatic heterocycles. The van der Waals surface area contributed by atoms with Gasteiger partial charge in [0.05, 0.1) is 26.7 Å². The monoisotopic (exact) mass is 356 g/mol. The van der Waals surface area contributed by atoms with Gasteiger partial charge in [0, 0.05) is 5.92 Å². The lowest BCUT2D eigenvalue weighted by Gasteiger charge is -2.17. The zero-order valence-corrected chi connectivity index (χ0v) is 15.3. The van der Waals surface area contributed by atoms with Crippen LogP contribution in [0.3, 0.4) is 0 Å². The lowest BCUT2D eigenvalue weighted by atomic mass is 9.84. The molecule has 0 aliphatic carbocycles. The molecule has 1 aliphatic heterocycles. The Morgan fingerprint density at radius 1 is 1.04 bits per heavy atom. The quantitative estimate of drug-likeness (QED) is 0.805. The molecule has 3 rings (SSSR count). The number of rotatable bonds is 6. The van der Waals surface area contributed by atoms with Crippen molar-refractivity contribution in [1.82, 2.24) is 0 Å². The maximum absolute atomic E-state index is 12.2. The van der Waals surface area contributed by atoms with Crippen molar-refractivity contribution in [1.29, 1.82) is 0 Å². The van der Waals surface area contributed by atoms with Crippen LogP contribution in [0.15, 0.2) is 36.4 Å². The number of cyclic esters (lactones) is 1. The SMILES string of the molecule is COc1ccc(C[C@H]2COC(=O)[C@@H]2Cc2ccc(O)c(C)c2)cc1OC. The zero-order valence-electron chi connectivity index (χ0n) is 15.3. The predicted octanol–water partition coefficient (Wildman–Crippen LogP) is 3.29. The smallest absolute Gasteiger partial charge is 0.309 e. The number of ether oxygens (including phenoxy) is 3. The Kier molecular flexibility index (Phi) is 5.35. The van der Waals surface area contributed by atoms with E-state index in [-0.39, 0.29) is 23.6 Å². The molecule has 1 N–H and O–H groups in total. The molecule has 2 aromatic rings. The molecule has 2 aromatic carbocycles. The Morgan fingerprint density at radius 3 is 2.42 bits per heavy atom. The lowest BCUT2D eigenvalue weighted by molar-refractivity contribution is -0.141. The van der Waals surface area contributed by atoms with E-state index in [1.165, 1.54) is 0 Å². The van der Waals surface area contributed by atoms with Gasteiger partial charge < -0.3 is 19.3 Å². The van der Waals surface area contributed by atoms with E-state index in [1.54, 1.807) is 20.3 Å². The van der Waals surface area contributed by atoms with Gasteiger partial charge in [-0.25, -0.2) is 0 Å². The van der Waals surface area contributed by atoms with Gasteiger partial charge in [0.15, 0.2) is 11.5 Å². The number of hydrogen-bond donors (Lipinski definition) is 1. The molecule has 0 amide bonds. The third-order valence-corrected chi connectivity index (χ3v) is 4.97. The van der Waals surface area contributed by atoms with E-state index in [2.05, 4.69) is 0 Å². The molecular weight excluding hydrogens is 332 g/mol. The maximum atomic E-state index is 12.2. The summed E-state index contributed by atoms with van der Waals surface area (Å²) in [6, 6.07) is 11.3. The van der Waals surface area contributed by atoms with Gasteiger partial charge in [-0.15, -0.1) is 0 Å². The Balaban J connectivity index is 1.76. The fourth-order valence-corrected chi connectivity index (χ4v) is 3.46. The molecule has 1 aliphatic rings. The van der Waals surface area contributed by atoms with Crippen LogP contribution in [-0.2, 0) is 22.4 Å². The summed E-state index contributed by atoms with van der Waals surface area (Å²) in [5.74, 6) is 1.40. The first-order chi connectivity index (χ1) is 12.5. The van der Waals surface area contributed by atoms with Crippen molar-refractivity contribution in [3.63, 3.8) is 0 Å². The number of carbonyl (C=O) groups is 1. The molecule has 0 radical (unpaired) electrons. The molecule has 1 fully saturated rings. The molecule has 0 saturated carbocycles. The number of methoxy groups -OCH3 is 2. The van der Waals surface area contributed by atoms with Crippen LogP contribution in [-0.4, -0.2) is 31.9 Å². The first-order valence-electron chi connectivity index (χ1n) is 8.68. The molecule has 138 valence electrons. The topological polar surface area (TPSA) is 65.0 Å². The van der Waals surface area contributed by atoms with Gasteiger partial charge in [0.1, 0.15) is 5.75 Å². The number of phenols is 1. The van der Waals surface area contributed by atoms with E-state index in [0.717, 1.165) is 23.1 Å². The number of benzene rings is 2. The van der Waals surface area contributed by atoms with E-state index in [9.17, 15) is 9.90 Å². The van der Waals surface area contributed by atoms with Crippen LogP contribution < -0.4 is 9.47 Å². The molecular formula is C21H24O5. The second kappa shape index (κ2) is 7.68. The van der Waals surface area contributed by atoms with Crippen molar-refractivity contribution in [2.24, 2.45) is 11.8 Å². The maximum Gasteiger partial charge on any atom is 0.309 e. The highest BCUT2D eigenvalue weighted by molar-refractivity contribution is 5.75. The number of carbonyl (C=O) groups excluding carboxylic acids is 1. The van der Waals surface area contributed by atoms with Crippen LogP contribution >= 0.6 is 0 Å². The first-order valence-corrected chi connectivity index (χ1v) is 8.68. The van der Waals surface area contributed by atoms with Crippen molar-refractivity contribution in [2.45, 2.75) is 19.8 Å². The summed E-state index contributed by atoms with van der Waals surface area (Å²) in [6.07, 6.45) is 1.34. The third kappa shape index (κ3) is 3.77. The van der Waals surface area contributed by atoms with Gasteiger partial charge in [0.25, 0.3) is 0 Å². The van der Waals surface area contributed by atoms with Gasteiger partial charge in [-0.1, -0.05) is 18.2 Å². The number of aryl methyl sites for hydroxylation is 1. The fourth-order valence-electron chi connectivity index (χ4n) is 3.46. The van der Waals surface area contributed by atoms with Gasteiger partial charge in [0.2, 0.25) is 0 Å². The number of phenolic OH excluding ortho intramolecular Hbond substituents is 1. The molecule has 2 atom stereocenters. The van der Waals surface area contributed by atoms with Crippen molar-refractivity contribution in [3.05, 3.63) is 53.1 Å². The summed E-state index contributed by atoms with van der Waals surface area (Å²) in [5.41, 5.74) is 2.92. The second-order valence-corrected chi connectivity index (χ2v) is 6.72. The standard InChI is InChI=1S/C21H24O5/c1-13-8-14(4-6-18(13)22)10-17-16(12-26-21(17)23)9-15-5-7-19(24-2)20(11-15)25-3/h4-8,11,16-17,22H,9-10,12H2,1-3H3/t16-,17+/m0/s1. The minimum absolute atomic E-state index is 0.106. The highest BCUT2D eigenvalue weighted by Gasteiger charge is 2.36.